The van der Waals surface area contributed by atoms with Gasteiger partial charge in [-0.3, -0.25) is 9.89 Å². The van der Waals surface area contributed by atoms with Crippen LogP contribution in [0.5, 0.6) is 0 Å². The minimum absolute atomic E-state index is 0.0491. The standard InChI is InChI=1S/C18H21FN4O/c1-22-9-12-6-7-13(11-22)23(10-12)18(24)15-8-20-21-17(15)14-4-2-3-5-16(14)19/h2-5,8,12-13H,6-7,9-11H2,1H3,(H,20,21)/t12-,13+/m0/s1. The highest BCUT2D eigenvalue weighted by molar-refractivity contribution is 6.00. The van der Waals surface area contributed by atoms with Gasteiger partial charge < -0.3 is 9.80 Å². The van der Waals surface area contributed by atoms with Crippen LogP contribution in [0.2, 0.25) is 0 Å². The number of aromatic amines is 1. The zero-order valence-corrected chi connectivity index (χ0v) is 13.7. The molecule has 0 unspecified atom stereocenters. The summed E-state index contributed by atoms with van der Waals surface area (Å²) in [4.78, 5) is 17.4. The fourth-order valence-corrected chi connectivity index (χ4v) is 4.04. The number of nitrogens with zero attached hydrogens (tertiary/aromatic N) is 3. The predicted octanol–water partition coefficient (Wildman–Crippen LogP) is 2.38. The summed E-state index contributed by atoms with van der Waals surface area (Å²) in [5.74, 6) is 0.112. The van der Waals surface area contributed by atoms with Crippen LogP contribution in [-0.4, -0.2) is 58.6 Å². The van der Waals surface area contributed by atoms with E-state index in [-0.39, 0.29) is 17.8 Å². The van der Waals surface area contributed by atoms with Crippen molar-refractivity contribution in [3.63, 3.8) is 0 Å². The number of aromatic nitrogens is 2. The van der Waals surface area contributed by atoms with Crippen molar-refractivity contribution in [2.45, 2.75) is 18.9 Å². The average Bonchev–Trinajstić information content (AvgIpc) is 2.91. The molecule has 3 saturated heterocycles. The molecule has 1 aromatic carbocycles. The number of hydrogen-bond acceptors (Lipinski definition) is 3. The Morgan fingerprint density at radius 1 is 1.25 bits per heavy atom. The first kappa shape index (κ1) is 15.3. The van der Waals surface area contributed by atoms with Crippen LogP contribution in [0.4, 0.5) is 4.39 Å². The van der Waals surface area contributed by atoms with E-state index in [1.807, 2.05) is 4.90 Å². The summed E-state index contributed by atoms with van der Waals surface area (Å²) < 4.78 is 14.1. The van der Waals surface area contributed by atoms with Gasteiger partial charge in [-0.2, -0.15) is 5.10 Å². The number of rotatable bonds is 2. The minimum atomic E-state index is -0.354. The molecule has 3 aliphatic rings. The molecule has 1 N–H and O–H groups in total. The van der Waals surface area contributed by atoms with Gasteiger partial charge >= 0.3 is 0 Å². The Kier molecular flexibility index (Phi) is 3.84. The van der Waals surface area contributed by atoms with Gasteiger partial charge in [0.05, 0.1) is 17.5 Å². The fraction of sp³-hybridized carbons (Fsp3) is 0.444. The smallest absolute Gasteiger partial charge is 0.257 e. The van der Waals surface area contributed by atoms with Gasteiger partial charge in [0.2, 0.25) is 0 Å². The normalized spacial score (nSPS) is 24.2. The third-order valence-electron chi connectivity index (χ3n) is 5.17. The number of H-pyrrole nitrogens is 1. The molecule has 2 aromatic rings. The van der Waals surface area contributed by atoms with Gasteiger partial charge in [-0.25, -0.2) is 4.39 Å². The number of amides is 1. The van der Waals surface area contributed by atoms with E-state index in [0.717, 1.165) is 26.1 Å². The van der Waals surface area contributed by atoms with Crippen LogP contribution in [-0.2, 0) is 0 Å². The summed E-state index contributed by atoms with van der Waals surface area (Å²) in [5.41, 5.74) is 1.30. The fourth-order valence-electron chi connectivity index (χ4n) is 4.04. The first-order chi connectivity index (χ1) is 11.6. The van der Waals surface area contributed by atoms with E-state index in [1.165, 1.54) is 18.7 Å². The van der Waals surface area contributed by atoms with Crippen LogP contribution in [0.3, 0.4) is 0 Å². The Bertz CT molecular complexity index is 759. The third kappa shape index (κ3) is 2.60. The molecular weight excluding hydrogens is 307 g/mol. The lowest BCUT2D eigenvalue weighted by molar-refractivity contribution is 0.0588. The number of carbonyl (C=O) groups is 1. The maximum atomic E-state index is 14.1. The molecule has 5 nitrogen and oxygen atoms in total. The Hall–Kier alpha value is -2.21. The Morgan fingerprint density at radius 2 is 2.08 bits per heavy atom. The van der Waals surface area contributed by atoms with E-state index in [1.54, 1.807) is 18.2 Å². The van der Waals surface area contributed by atoms with Crippen molar-refractivity contribution in [1.29, 1.82) is 0 Å². The molecular formula is C18H21FN4O. The molecule has 2 bridgehead atoms. The van der Waals surface area contributed by atoms with Crippen molar-refractivity contribution in [3.05, 3.63) is 41.8 Å². The van der Waals surface area contributed by atoms with Crippen LogP contribution in [0.1, 0.15) is 23.2 Å². The van der Waals surface area contributed by atoms with E-state index in [4.69, 9.17) is 0 Å². The van der Waals surface area contributed by atoms with Crippen LogP contribution >= 0.6 is 0 Å². The highest BCUT2D eigenvalue weighted by atomic mass is 19.1. The quantitative estimate of drug-likeness (QED) is 0.921. The molecule has 0 spiro atoms. The molecule has 1 aromatic heterocycles. The Morgan fingerprint density at radius 3 is 2.92 bits per heavy atom. The summed E-state index contributed by atoms with van der Waals surface area (Å²) >= 11 is 0. The predicted molar refractivity (Wildman–Crippen MR) is 89.0 cm³/mol. The van der Waals surface area contributed by atoms with Gasteiger partial charge in [-0.15, -0.1) is 0 Å². The molecule has 0 aliphatic carbocycles. The second-order valence-electron chi connectivity index (χ2n) is 6.91. The largest absolute Gasteiger partial charge is 0.334 e. The molecule has 3 fully saturated rings. The molecule has 0 radical (unpaired) electrons. The van der Waals surface area contributed by atoms with Gasteiger partial charge in [0, 0.05) is 31.2 Å². The van der Waals surface area contributed by atoms with Crippen molar-refractivity contribution in [2.24, 2.45) is 5.92 Å². The van der Waals surface area contributed by atoms with Crippen molar-refractivity contribution < 1.29 is 9.18 Å². The summed E-state index contributed by atoms with van der Waals surface area (Å²) in [5, 5.41) is 6.81. The summed E-state index contributed by atoms with van der Waals surface area (Å²) in [6.07, 6.45) is 3.73. The van der Waals surface area contributed by atoms with Crippen molar-refractivity contribution in [2.75, 3.05) is 26.7 Å². The van der Waals surface area contributed by atoms with Crippen LogP contribution in [0.25, 0.3) is 11.3 Å². The molecule has 5 rings (SSSR count). The summed E-state index contributed by atoms with van der Waals surface area (Å²) in [7, 11) is 2.11. The molecule has 1 amide bonds. The van der Waals surface area contributed by atoms with Crippen LogP contribution in [0.15, 0.2) is 30.5 Å². The number of likely N-dealkylation sites (N-methyl/N-ethyl adjacent to an activating group) is 1. The molecule has 6 heteroatoms. The average molecular weight is 328 g/mol. The van der Waals surface area contributed by atoms with E-state index in [9.17, 15) is 9.18 Å². The van der Waals surface area contributed by atoms with Gasteiger partial charge in [0.25, 0.3) is 5.91 Å². The van der Waals surface area contributed by atoms with Crippen molar-refractivity contribution >= 4 is 5.91 Å². The molecule has 2 atom stereocenters. The first-order valence-corrected chi connectivity index (χ1v) is 8.41. The number of nitrogens with one attached hydrogen (secondary N) is 1. The summed E-state index contributed by atoms with van der Waals surface area (Å²) in [6.45, 7) is 2.71. The third-order valence-corrected chi connectivity index (χ3v) is 5.17. The maximum absolute atomic E-state index is 14.1. The second-order valence-corrected chi connectivity index (χ2v) is 6.91. The molecule has 126 valence electrons. The lowest BCUT2D eigenvalue weighted by Crippen LogP contribution is -2.47. The van der Waals surface area contributed by atoms with E-state index in [2.05, 4.69) is 22.1 Å². The lowest BCUT2D eigenvalue weighted by atomic mass is 9.94. The number of piperidine rings is 1. The van der Waals surface area contributed by atoms with Crippen LogP contribution < -0.4 is 0 Å². The Balaban J connectivity index is 1.67. The SMILES string of the molecule is CN1C[C@@H]2CC[C@H](C1)N(C(=O)c1cn[nH]c1-c1ccccc1F)C2. The first-order valence-electron chi connectivity index (χ1n) is 8.41. The minimum Gasteiger partial charge on any atom is -0.334 e. The summed E-state index contributed by atoms with van der Waals surface area (Å²) in [6, 6.07) is 6.69. The number of hydrogen-bond donors (Lipinski definition) is 1. The van der Waals surface area contributed by atoms with Gasteiger partial charge in [-0.1, -0.05) is 12.1 Å². The van der Waals surface area contributed by atoms with Gasteiger partial charge in [0.15, 0.2) is 0 Å². The van der Waals surface area contributed by atoms with Crippen LogP contribution in [0, 0.1) is 11.7 Å². The van der Waals surface area contributed by atoms with E-state index in [0.29, 0.717) is 22.7 Å². The zero-order chi connectivity index (χ0) is 16.7. The number of carbonyl (C=O) groups excluding carboxylic acids is 1. The molecule has 24 heavy (non-hydrogen) atoms. The highest BCUT2D eigenvalue weighted by Crippen LogP contribution is 2.31. The van der Waals surface area contributed by atoms with Crippen molar-refractivity contribution in [1.82, 2.24) is 20.0 Å². The zero-order valence-electron chi connectivity index (χ0n) is 13.7. The van der Waals surface area contributed by atoms with Crippen molar-refractivity contribution in [3.8, 4) is 11.3 Å². The Labute approximate surface area is 140 Å². The topological polar surface area (TPSA) is 52.2 Å². The highest BCUT2D eigenvalue weighted by Gasteiger charge is 2.37. The van der Waals surface area contributed by atoms with E-state index >= 15 is 0 Å². The lowest BCUT2D eigenvalue weighted by Gasteiger charge is -2.36. The number of fused-ring (bicyclic) bond motifs is 4. The number of benzene rings is 1. The van der Waals surface area contributed by atoms with E-state index < -0.39 is 0 Å². The van der Waals surface area contributed by atoms with Gasteiger partial charge in [-0.05, 0) is 37.9 Å². The molecule has 4 heterocycles. The maximum Gasteiger partial charge on any atom is 0.257 e. The number of halogens is 1. The monoisotopic (exact) mass is 328 g/mol. The second kappa shape index (κ2) is 6.02. The molecule has 0 saturated carbocycles. The molecule has 3 aliphatic heterocycles. The van der Waals surface area contributed by atoms with Gasteiger partial charge in [0.1, 0.15) is 5.82 Å².